The summed E-state index contributed by atoms with van der Waals surface area (Å²) in [6, 6.07) is 14.3. The van der Waals surface area contributed by atoms with Crippen molar-refractivity contribution in [3.8, 4) is 29.7 Å². The lowest BCUT2D eigenvalue weighted by Crippen LogP contribution is -2.38. The number of rotatable bonds is 6. The molecule has 2 atom stereocenters. The van der Waals surface area contributed by atoms with Gasteiger partial charge < -0.3 is 4.57 Å². The number of benzene rings is 1. The molecule has 0 spiro atoms. The van der Waals surface area contributed by atoms with Crippen LogP contribution in [-0.2, 0) is 0 Å². The monoisotopic (exact) mass is 412 g/mol. The lowest BCUT2D eigenvalue weighted by molar-refractivity contribution is 0.0888. The van der Waals surface area contributed by atoms with Gasteiger partial charge in [-0.25, -0.2) is 0 Å². The predicted molar refractivity (Wildman–Crippen MR) is 121 cm³/mol. The number of Topliss-reactive ketones (excluding diaryl/α,β-unsaturated/α-hetero) is 1. The maximum absolute atomic E-state index is 13.3. The molecule has 5 heteroatoms. The zero-order chi connectivity index (χ0) is 22.4. The maximum atomic E-state index is 13.3. The van der Waals surface area contributed by atoms with Crippen LogP contribution < -0.4 is 0 Å². The van der Waals surface area contributed by atoms with E-state index in [-0.39, 0.29) is 5.78 Å². The molecule has 0 radical (unpaired) electrons. The molecule has 0 saturated carbocycles. The summed E-state index contributed by atoms with van der Waals surface area (Å²) in [6.07, 6.45) is 4.19. The first-order valence-corrected chi connectivity index (χ1v) is 10.9. The minimum Gasteiger partial charge on any atom is -0.307 e. The van der Waals surface area contributed by atoms with Gasteiger partial charge in [0.1, 0.15) is 0 Å². The molecule has 1 aromatic carbocycles. The van der Waals surface area contributed by atoms with Gasteiger partial charge in [0.2, 0.25) is 0 Å². The van der Waals surface area contributed by atoms with Crippen molar-refractivity contribution in [1.29, 1.82) is 10.5 Å². The highest BCUT2D eigenvalue weighted by Gasteiger charge is 2.31. The topological polar surface area (TPSA) is 72.8 Å². The molecule has 2 heterocycles. The lowest BCUT2D eigenvalue weighted by atomic mass is 10.1. The van der Waals surface area contributed by atoms with Gasteiger partial charge in [0.15, 0.2) is 5.78 Å². The van der Waals surface area contributed by atoms with Crippen molar-refractivity contribution in [2.45, 2.75) is 65.0 Å². The highest BCUT2D eigenvalue weighted by molar-refractivity contribution is 5.99. The molecule has 1 aromatic heterocycles. The summed E-state index contributed by atoms with van der Waals surface area (Å²) in [6.45, 7) is 6.74. The van der Waals surface area contributed by atoms with Crippen molar-refractivity contribution < 1.29 is 4.79 Å². The highest BCUT2D eigenvalue weighted by atomic mass is 16.1. The van der Waals surface area contributed by atoms with E-state index in [2.05, 4.69) is 42.7 Å². The van der Waals surface area contributed by atoms with Crippen LogP contribution in [0.25, 0.3) is 5.69 Å². The van der Waals surface area contributed by atoms with Crippen molar-refractivity contribution in [1.82, 2.24) is 9.47 Å². The second-order valence-electron chi connectivity index (χ2n) is 8.07. The number of hydrogen-bond donors (Lipinski definition) is 0. The zero-order valence-electron chi connectivity index (χ0n) is 18.5. The van der Waals surface area contributed by atoms with E-state index >= 15 is 0 Å². The summed E-state index contributed by atoms with van der Waals surface area (Å²) in [5.41, 5.74) is 3.70. The van der Waals surface area contributed by atoms with E-state index in [1.54, 1.807) is 12.1 Å². The summed E-state index contributed by atoms with van der Waals surface area (Å²) in [7, 11) is 0. The molecule has 0 bridgehead atoms. The Kier molecular flexibility index (Phi) is 7.30. The molecule has 0 amide bonds. The molecule has 31 heavy (non-hydrogen) atoms. The number of aromatic nitrogens is 1. The number of ketones is 1. The SMILES string of the molecule is CCC1CCC(C)N1CC(=O)c1cc(C#CCCC#N)n(-c2ccc(C#N)cc2)c1C. The standard InChI is InChI=1S/C26H28N4O/c1-4-22-12-9-19(2)29(22)18-26(31)25-16-24(8-6-5-7-15-27)30(20(25)3)23-13-10-21(17-28)11-14-23/h10-11,13-14,16,19,22H,4-5,7,9,12,18H2,1-3H3. The van der Waals surface area contributed by atoms with Crippen LogP contribution in [0, 0.1) is 41.4 Å². The van der Waals surface area contributed by atoms with E-state index in [1.807, 2.05) is 29.7 Å². The van der Waals surface area contributed by atoms with Gasteiger partial charge in [-0.1, -0.05) is 12.8 Å². The van der Waals surface area contributed by atoms with Gasteiger partial charge in [-0.2, -0.15) is 10.5 Å². The molecule has 1 aliphatic rings. The number of nitriles is 2. The van der Waals surface area contributed by atoms with Crippen molar-refractivity contribution in [3.63, 3.8) is 0 Å². The average Bonchev–Trinajstić information content (AvgIpc) is 3.30. The molecule has 158 valence electrons. The first-order chi connectivity index (χ1) is 15.0. The fraction of sp³-hybridized carbons (Fsp3) is 0.423. The van der Waals surface area contributed by atoms with E-state index in [1.165, 1.54) is 0 Å². The third-order valence-electron chi connectivity index (χ3n) is 6.13. The first-order valence-electron chi connectivity index (χ1n) is 10.9. The Labute approximate surface area is 184 Å². The van der Waals surface area contributed by atoms with Crippen LogP contribution in [0.3, 0.4) is 0 Å². The molecule has 1 aliphatic heterocycles. The van der Waals surface area contributed by atoms with Crippen molar-refractivity contribution in [2.75, 3.05) is 6.54 Å². The zero-order valence-corrected chi connectivity index (χ0v) is 18.5. The molecule has 1 saturated heterocycles. The molecular weight excluding hydrogens is 384 g/mol. The molecule has 5 nitrogen and oxygen atoms in total. The van der Waals surface area contributed by atoms with E-state index in [9.17, 15) is 4.79 Å². The summed E-state index contributed by atoms with van der Waals surface area (Å²) in [4.78, 5) is 15.6. The van der Waals surface area contributed by atoms with E-state index < -0.39 is 0 Å². The van der Waals surface area contributed by atoms with Crippen molar-refractivity contribution in [2.24, 2.45) is 0 Å². The van der Waals surface area contributed by atoms with Gasteiger partial charge in [0.05, 0.1) is 29.9 Å². The van der Waals surface area contributed by atoms with Crippen LogP contribution in [0.4, 0.5) is 0 Å². The Bertz CT molecular complexity index is 1090. The minimum atomic E-state index is 0.108. The number of likely N-dealkylation sites (tertiary alicyclic amines) is 1. The summed E-state index contributed by atoms with van der Waals surface area (Å²) < 4.78 is 1.97. The largest absolute Gasteiger partial charge is 0.307 e. The van der Waals surface area contributed by atoms with Crippen LogP contribution in [0.1, 0.15) is 73.3 Å². The van der Waals surface area contributed by atoms with Crippen LogP contribution >= 0.6 is 0 Å². The molecule has 0 N–H and O–H groups in total. The Hall–Kier alpha value is -3.33. The smallest absolute Gasteiger partial charge is 0.178 e. The fourth-order valence-electron chi connectivity index (χ4n) is 4.37. The third kappa shape index (κ3) is 4.88. The number of nitrogens with zero attached hydrogens (tertiary/aromatic N) is 4. The number of unbranched alkanes of at least 4 members (excludes halogenated alkanes) is 1. The van der Waals surface area contributed by atoms with E-state index in [4.69, 9.17) is 10.5 Å². The Balaban J connectivity index is 1.97. The lowest BCUT2D eigenvalue weighted by Gasteiger charge is -2.26. The third-order valence-corrected chi connectivity index (χ3v) is 6.13. The number of hydrogen-bond acceptors (Lipinski definition) is 4. The van der Waals surface area contributed by atoms with Gasteiger partial charge in [0, 0.05) is 41.9 Å². The fourth-order valence-corrected chi connectivity index (χ4v) is 4.37. The second-order valence-corrected chi connectivity index (χ2v) is 8.07. The normalized spacial score (nSPS) is 18.1. The minimum absolute atomic E-state index is 0.108. The molecule has 2 aromatic rings. The summed E-state index contributed by atoms with van der Waals surface area (Å²) >= 11 is 0. The average molecular weight is 413 g/mol. The van der Waals surface area contributed by atoms with Crippen LogP contribution in [-0.4, -0.2) is 33.9 Å². The van der Waals surface area contributed by atoms with Gasteiger partial charge in [0.25, 0.3) is 0 Å². The van der Waals surface area contributed by atoms with Crippen LogP contribution in [0.5, 0.6) is 0 Å². The van der Waals surface area contributed by atoms with E-state index in [0.29, 0.717) is 42.6 Å². The Morgan fingerprint density at radius 3 is 2.55 bits per heavy atom. The highest BCUT2D eigenvalue weighted by Crippen LogP contribution is 2.27. The number of carbonyl (C=O) groups is 1. The van der Waals surface area contributed by atoms with Crippen LogP contribution in [0.2, 0.25) is 0 Å². The quantitative estimate of drug-likeness (QED) is 0.390. The predicted octanol–water partition coefficient (Wildman–Crippen LogP) is 4.76. The summed E-state index contributed by atoms with van der Waals surface area (Å²) in [5, 5.41) is 17.9. The first kappa shape index (κ1) is 22.4. The van der Waals surface area contributed by atoms with Gasteiger partial charge in [-0.3, -0.25) is 9.69 Å². The molecular formula is C26H28N4O. The number of carbonyl (C=O) groups excluding carboxylic acids is 1. The van der Waals surface area contributed by atoms with Crippen molar-refractivity contribution in [3.05, 3.63) is 52.8 Å². The molecule has 0 aliphatic carbocycles. The van der Waals surface area contributed by atoms with Gasteiger partial charge in [-0.05, 0) is 69.4 Å². The summed E-state index contributed by atoms with van der Waals surface area (Å²) in [5.74, 6) is 6.30. The Morgan fingerprint density at radius 2 is 1.90 bits per heavy atom. The van der Waals surface area contributed by atoms with Gasteiger partial charge in [-0.15, -0.1) is 0 Å². The van der Waals surface area contributed by atoms with Crippen LogP contribution in [0.15, 0.2) is 30.3 Å². The van der Waals surface area contributed by atoms with Gasteiger partial charge >= 0.3 is 0 Å². The second kappa shape index (κ2) is 10.1. The maximum Gasteiger partial charge on any atom is 0.178 e. The Morgan fingerprint density at radius 1 is 1.16 bits per heavy atom. The van der Waals surface area contributed by atoms with Crippen molar-refractivity contribution >= 4 is 5.78 Å². The molecule has 3 rings (SSSR count). The molecule has 2 unspecified atom stereocenters. The van der Waals surface area contributed by atoms with E-state index in [0.717, 1.165) is 36.3 Å². The molecule has 1 fully saturated rings.